The third-order valence-corrected chi connectivity index (χ3v) is 5.28. The molecule has 1 fully saturated rings. The van der Waals surface area contributed by atoms with Crippen molar-refractivity contribution in [3.63, 3.8) is 0 Å². The Balaban J connectivity index is 1.91. The summed E-state index contributed by atoms with van der Waals surface area (Å²) < 4.78 is 10.6. The minimum Gasteiger partial charge on any atom is -0.497 e. The minimum absolute atomic E-state index is 0.0503. The average molecular weight is 416 g/mol. The largest absolute Gasteiger partial charge is 0.497 e. The van der Waals surface area contributed by atoms with Crippen LogP contribution >= 0.6 is 0 Å². The van der Waals surface area contributed by atoms with E-state index in [-0.39, 0.29) is 18.5 Å². The van der Waals surface area contributed by atoms with Crippen LogP contribution in [0.3, 0.4) is 0 Å². The van der Waals surface area contributed by atoms with Gasteiger partial charge in [-0.2, -0.15) is 0 Å². The van der Waals surface area contributed by atoms with Crippen LogP contribution in [0.5, 0.6) is 5.75 Å². The van der Waals surface area contributed by atoms with E-state index in [2.05, 4.69) is 15.5 Å². The summed E-state index contributed by atoms with van der Waals surface area (Å²) in [5, 5.41) is 5.62. The van der Waals surface area contributed by atoms with Crippen molar-refractivity contribution < 1.29 is 23.9 Å². The summed E-state index contributed by atoms with van der Waals surface area (Å²) in [6.45, 7) is 6.46. The molecule has 2 aliphatic rings. The van der Waals surface area contributed by atoms with Crippen LogP contribution in [0.1, 0.15) is 25.5 Å². The van der Waals surface area contributed by atoms with E-state index in [1.54, 1.807) is 38.0 Å². The molecule has 1 saturated heterocycles. The lowest BCUT2D eigenvalue weighted by Gasteiger charge is -2.36. The highest BCUT2D eigenvalue weighted by Crippen LogP contribution is 2.30. The van der Waals surface area contributed by atoms with Crippen LogP contribution in [0.25, 0.3) is 0 Å². The molecule has 9 heteroatoms. The summed E-state index contributed by atoms with van der Waals surface area (Å²) in [7, 11) is 1.56. The molecule has 0 aromatic heterocycles. The first-order chi connectivity index (χ1) is 14.4. The molecule has 2 N–H and O–H groups in total. The molecule has 1 aromatic carbocycles. The molecule has 9 nitrogen and oxygen atoms in total. The number of carbonyl (C=O) groups is 3. The number of carbonyl (C=O) groups excluding carboxylic acids is 3. The first kappa shape index (κ1) is 21.6. The van der Waals surface area contributed by atoms with Gasteiger partial charge in [-0.15, -0.1) is 0 Å². The molecule has 1 atom stereocenters. The third kappa shape index (κ3) is 4.91. The number of amides is 3. The molecule has 0 unspecified atom stereocenters. The normalized spacial score (nSPS) is 19.8. The maximum atomic E-state index is 12.9. The summed E-state index contributed by atoms with van der Waals surface area (Å²) in [4.78, 5) is 40.7. The fraction of sp³-hybridized carbons (Fsp3) is 0.476. The van der Waals surface area contributed by atoms with Gasteiger partial charge < -0.3 is 25.0 Å². The zero-order valence-corrected chi connectivity index (χ0v) is 17.6. The number of esters is 1. The zero-order valence-electron chi connectivity index (χ0n) is 17.6. The second-order valence-corrected chi connectivity index (χ2v) is 7.20. The van der Waals surface area contributed by atoms with Crippen molar-refractivity contribution in [1.82, 2.24) is 20.4 Å². The van der Waals surface area contributed by atoms with Gasteiger partial charge in [0.2, 0.25) is 5.91 Å². The van der Waals surface area contributed by atoms with E-state index in [4.69, 9.17) is 9.47 Å². The van der Waals surface area contributed by atoms with Gasteiger partial charge in [-0.3, -0.25) is 9.69 Å². The number of urea groups is 1. The highest BCUT2D eigenvalue weighted by Gasteiger charge is 2.35. The molecule has 0 saturated carbocycles. The van der Waals surface area contributed by atoms with E-state index >= 15 is 0 Å². The number of piperazine rings is 1. The molecule has 0 spiro atoms. The monoisotopic (exact) mass is 416 g/mol. The number of nitrogens with one attached hydrogen (secondary N) is 2. The van der Waals surface area contributed by atoms with Crippen molar-refractivity contribution >= 4 is 17.9 Å². The number of methoxy groups -OCH3 is 1. The molecule has 2 heterocycles. The van der Waals surface area contributed by atoms with Gasteiger partial charge in [-0.25, -0.2) is 9.59 Å². The maximum Gasteiger partial charge on any atom is 0.338 e. The number of nitrogens with zero attached hydrogens (tertiary/aromatic N) is 2. The molecule has 0 aliphatic carbocycles. The van der Waals surface area contributed by atoms with Crippen molar-refractivity contribution in [2.24, 2.45) is 0 Å². The van der Waals surface area contributed by atoms with E-state index in [1.165, 1.54) is 0 Å². The van der Waals surface area contributed by atoms with Crippen LogP contribution in [0, 0.1) is 0 Å². The quantitative estimate of drug-likeness (QED) is 0.672. The van der Waals surface area contributed by atoms with Gasteiger partial charge in [-0.1, -0.05) is 12.1 Å². The molecule has 0 bridgehead atoms. The van der Waals surface area contributed by atoms with Gasteiger partial charge in [0.25, 0.3) is 0 Å². The molecule has 3 amide bonds. The molecule has 0 radical (unpaired) electrons. The minimum atomic E-state index is -0.651. The molecule has 2 aliphatic heterocycles. The summed E-state index contributed by atoms with van der Waals surface area (Å²) >= 11 is 0. The van der Waals surface area contributed by atoms with Crippen LogP contribution in [-0.2, 0) is 14.3 Å². The molecule has 30 heavy (non-hydrogen) atoms. The summed E-state index contributed by atoms with van der Waals surface area (Å²) in [5.41, 5.74) is 1.62. The van der Waals surface area contributed by atoms with Crippen LogP contribution in [0.2, 0.25) is 0 Å². The van der Waals surface area contributed by atoms with E-state index < -0.39 is 12.0 Å². The fourth-order valence-corrected chi connectivity index (χ4v) is 3.71. The lowest BCUT2D eigenvalue weighted by Crippen LogP contribution is -2.52. The summed E-state index contributed by atoms with van der Waals surface area (Å²) in [6, 6.07) is 6.20. The molecule has 162 valence electrons. The summed E-state index contributed by atoms with van der Waals surface area (Å²) in [6.07, 6.45) is 0. The maximum absolute atomic E-state index is 12.9. The lowest BCUT2D eigenvalue weighted by atomic mass is 9.94. The second-order valence-electron chi connectivity index (χ2n) is 7.20. The molecular weight excluding hydrogens is 388 g/mol. The number of hydrogen-bond donors (Lipinski definition) is 2. The Morgan fingerprint density at radius 1 is 1.20 bits per heavy atom. The smallest absolute Gasteiger partial charge is 0.338 e. The van der Waals surface area contributed by atoms with Gasteiger partial charge in [0, 0.05) is 45.3 Å². The topological polar surface area (TPSA) is 100 Å². The van der Waals surface area contributed by atoms with E-state index in [1.807, 2.05) is 12.1 Å². The highest BCUT2D eigenvalue weighted by molar-refractivity contribution is 5.95. The van der Waals surface area contributed by atoms with Gasteiger partial charge in [-0.05, 0) is 24.6 Å². The number of hydrogen-bond acceptors (Lipinski definition) is 6. The van der Waals surface area contributed by atoms with Crippen molar-refractivity contribution in [1.29, 1.82) is 0 Å². The Morgan fingerprint density at radius 2 is 1.93 bits per heavy atom. The summed E-state index contributed by atoms with van der Waals surface area (Å²) in [5.74, 6) is 0.204. The van der Waals surface area contributed by atoms with Crippen molar-refractivity contribution in [3.8, 4) is 5.75 Å². The Bertz CT molecular complexity index is 846. The van der Waals surface area contributed by atoms with E-state index in [9.17, 15) is 14.4 Å². The number of rotatable bonds is 6. The fourth-order valence-electron chi connectivity index (χ4n) is 3.71. The van der Waals surface area contributed by atoms with Crippen LogP contribution in [-0.4, -0.2) is 74.1 Å². The lowest BCUT2D eigenvalue weighted by molar-refractivity contribution is -0.139. The van der Waals surface area contributed by atoms with Gasteiger partial charge in [0.15, 0.2) is 0 Å². The first-order valence-corrected chi connectivity index (χ1v) is 10.0. The Kier molecular flexibility index (Phi) is 6.94. The zero-order chi connectivity index (χ0) is 21.7. The highest BCUT2D eigenvalue weighted by atomic mass is 16.5. The molecule has 3 rings (SSSR count). The van der Waals surface area contributed by atoms with Crippen LogP contribution in [0.4, 0.5) is 4.79 Å². The van der Waals surface area contributed by atoms with Gasteiger partial charge in [0.1, 0.15) is 5.75 Å². The van der Waals surface area contributed by atoms with Crippen LogP contribution < -0.4 is 15.4 Å². The average Bonchev–Trinajstić information content (AvgIpc) is 2.74. The Labute approximate surface area is 176 Å². The SMILES string of the molecule is CCOC(=O)C1=C(CN2CCN(C(C)=O)CC2)NC(=O)N[C@H]1c1cccc(OC)c1. The standard InChI is InChI=1S/C21H28N4O5/c1-4-30-20(27)18-17(13-24-8-10-25(11-9-24)14(2)26)22-21(28)23-19(18)15-6-5-7-16(12-15)29-3/h5-7,12,19H,4,8-11,13H2,1-3H3,(H2,22,23,28)/t19-/m0/s1. The molecular formula is C21H28N4O5. The van der Waals surface area contributed by atoms with Gasteiger partial charge in [0.05, 0.1) is 25.3 Å². The van der Waals surface area contributed by atoms with E-state index in [0.29, 0.717) is 49.7 Å². The second kappa shape index (κ2) is 9.62. The Hall–Kier alpha value is -3.07. The number of ether oxygens (including phenoxy) is 2. The van der Waals surface area contributed by atoms with Gasteiger partial charge >= 0.3 is 12.0 Å². The Morgan fingerprint density at radius 3 is 2.57 bits per heavy atom. The first-order valence-electron chi connectivity index (χ1n) is 10.0. The number of benzene rings is 1. The van der Waals surface area contributed by atoms with Crippen molar-refractivity contribution in [2.75, 3.05) is 46.4 Å². The van der Waals surface area contributed by atoms with E-state index in [0.717, 1.165) is 5.56 Å². The van der Waals surface area contributed by atoms with Crippen molar-refractivity contribution in [2.45, 2.75) is 19.9 Å². The molecule has 1 aromatic rings. The van der Waals surface area contributed by atoms with Crippen molar-refractivity contribution in [3.05, 3.63) is 41.1 Å². The van der Waals surface area contributed by atoms with Crippen LogP contribution in [0.15, 0.2) is 35.5 Å². The predicted molar refractivity (Wildman–Crippen MR) is 110 cm³/mol. The predicted octanol–water partition coefficient (Wildman–Crippen LogP) is 1.03. The third-order valence-electron chi connectivity index (χ3n) is 5.28.